The smallest absolute Gasteiger partial charge is 0.135 e. The summed E-state index contributed by atoms with van der Waals surface area (Å²) in [5.41, 5.74) is 19.1. The monoisotopic (exact) mass is 720 g/mol. The van der Waals surface area contributed by atoms with Crippen LogP contribution >= 0.6 is 0 Å². The van der Waals surface area contributed by atoms with Gasteiger partial charge in [0.2, 0.25) is 0 Å². The van der Waals surface area contributed by atoms with Crippen LogP contribution in [-0.4, -0.2) is 0 Å². The summed E-state index contributed by atoms with van der Waals surface area (Å²) < 4.78 is 6.46. The molecule has 1 aliphatic carbocycles. The number of fused-ring (bicyclic) bond motifs is 6. The number of rotatable bonds is 9. The third kappa shape index (κ3) is 6.05. The predicted octanol–water partition coefficient (Wildman–Crippen LogP) is 14.9. The molecule has 0 spiro atoms. The molecule has 1 heterocycles. The lowest BCUT2D eigenvalue weighted by atomic mass is 9.80. The van der Waals surface area contributed by atoms with Gasteiger partial charge in [-0.2, -0.15) is 0 Å². The molecule has 0 fully saturated rings. The highest BCUT2D eigenvalue weighted by molar-refractivity contribution is 6.07. The molecule has 0 saturated carbocycles. The minimum absolute atomic E-state index is 0.0406. The van der Waals surface area contributed by atoms with Crippen LogP contribution in [0.15, 0.2) is 192 Å². The first-order valence-corrected chi connectivity index (χ1v) is 20.0. The van der Waals surface area contributed by atoms with Gasteiger partial charge in [-0.05, 0) is 110 Å². The lowest BCUT2D eigenvalue weighted by Gasteiger charge is -2.24. The Morgan fingerprint density at radius 1 is 0.464 bits per heavy atom. The molecule has 0 radical (unpaired) electrons. The first-order valence-electron chi connectivity index (χ1n) is 20.0. The molecule has 1 heteroatoms. The molecule has 0 aliphatic heterocycles. The van der Waals surface area contributed by atoms with Crippen LogP contribution in [-0.2, 0) is 18.3 Å². The highest BCUT2D eigenvalue weighted by Crippen LogP contribution is 2.49. The van der Waals surface area contributed by atoms with E-state index in [1.54, 1.807) is 0 Å². The molecule has 270 valence electrons. The third-order valence-corrected chi connectivity index (χ3v) is 12.3. The van der Waals surface area contributed by atoms with Crippen LogP contribution in [0.2, 0.25) is 0 Å². The Hall–Kier alpha value is -6.44. The van der Waals surface area contributed by atoms with Crippen molar-refractivity contribution in [3.8, 4) is 44.5 Å². The fraction of sp³-hybridized carbons (Fsp3) is 0.127. The Morgan fingerprint density at radius 2 is 1.07 bits per heavy atom. The average molecular weight is 721 g/mol. The van der Waals surface area contributed by atoms with Gasteiger partial charge >= 0.3 is 0 Å². The first-order chi connectivity index (χ1) is 27.5. The van der Waals surface area contributed by atoms with E-state index in [9.17, 15) is 0 Å². The van der Waals surface area contributed by atoms with Gasteiger partial charge in [0.1, 0.15) is 11.2 Å². The number of aryl methyl sites for hydroxylation is 1. The zero-order valence-corrected chi connectivity index (χ0v) is 32.0. The van der Waals surface area contributed by atoms with Crippen molar-refractivity contribution in [3.05, 3.63) is 216 Å². The molecule has 8 aromatic carbocycles. The second kappa shape index (κ2) is 14.0. The maximum atomic E-state index is 6.46. The van der Waals surface area contributed by atoms with Gasteiger partial charge in [0.25, 0.3) is 0 Å². The van der Waals surface area contributed by atoms with E-state index in [0.717, 1.165) is 30.4 Å². The lowest BCUT2D eigenvalue weighted by molar-refractivity contribution is 0.620. The normalized spacial score (nSPS) is 13.5. The van der Waals surface area contributed by atoms with Gasteiger partial charge in [-0.25, -0.2) is 0 Å². The highest BCUT2D eigenvalue weighted by Gasteiger charge is 2.35. The zero-order valence-electron chi connectivity index (χ0n) is 32.0. The summed E-state index contributed by atoms with van der Waals surface area (Å²) in [6.07, 6.45) is 2.87. The molecule has 0 bridgehead atoms. The zero-order chi connectivity index (χ0) is 37.6. The van der Waals surface area contributed by atoms with Crippen molar-refractivity contribution in [3.63, 3.8) is 0 Å². The molecule has 56 heavy (non-hydrogen) atoms. The van der Waals surface area contributed by atoms with E-state index in [1.165, 1.54) is 83.1 Å². The minimum atomic E-state index is -0.0406. The van der Waals surface area contributed by atoms with Crippen LogP contribution < -0.4 is 0 Å². The molecular formula is C55H44O. The molecule has 0 N–H and O–H groups in total. The largest absolute Gasteiger partial charge is 0.456 e. The summed E-state index contributed by atoms with van der Waals surface area (Å²) in [5.74, 6) is 0.262. The first kappa shape index (κ1) is 34.1. The Labute approximate surface area is 329 Å². The van der Waals surface area contributed by atoms with Gasteiger partial charge in [0.05, 0.1) is 0 Å². The van der Waals surface area contributed by atoms with E-state index in [0.29, 0.717) is 0 Å². The van der Waals surface area contributed by atoms with Crippen molar-refractivity contribution < 1.29 is 4.42 Å². The standard InChI is InChI=1S/C55H44O/c1-55(2)50-21-11-9-18-47(50)48-32-24-37(35-51(48)55)34-43(46-20-13-23-53-54(46)49-19-10-12-22-52(49)56-53)29-30-44-36-42(39-16-7-4-8-17-39)31-33-45(44)41-27-25-40(26-28-41)38-14-5-3-6-15-38/h3-28,31-33,35-36,43H,29-30,34H2,1-2H3. The molecular weight excluding hydrogens is 677 g/mol. The second-order valence-electron chi connectivity index (χ2n) is 16.0. The van der Waals surface area contributed by atoms with Gasteiger partial charge < -0.3 is 4.42 Å². The van der Waals surface area contributed by atoms with E-state index in [4.69, 9.17) is 4.42 Å². The van der Waals surface area contributed by atoms with E-state index >= 15 is 0 Å². The quantitative estimate of drug-likeness (QED) is 0.145. The number of furan rings is 1. The number of hydrogen-bond donors (Lipinski definition) is 0. The number of para-hydroxylation sites is 1. The summed E-state index contributed by atoms with van der Waals surface area (Å²) in [4.78, 5) is 0. The maximum absolute atomic E-state index is 6.46. The van der Waals surface area contributed by atoms with Crippen molar-refractivity contribution in [2.45, 2.75) is 44.4 Å². The van der Waals surface area contributed by atoms with Gasteiger partial charge in [0, 0.05) is 16.2 Å². The second-order valence-corrected chi connectivity index (χ2v) is 16.0. The fourth-order valence-corrected chi connectivity index (χ4v) is 9.37. The molecule has 1 nitrogen and oxygen atoms in total. The molecule has 1 atom stereocenters. The van der Waals surface area contributed by atoms with Crippen molar-refractivity contribution in [2.24, 2.45) is 0 Å². The Bertz CT molecular complexity index is 2840. The average Bonchev–Trinajstić information content (AvgIpc) is 3.75. The molecule has 10 rings (SSSR count). The van der Waals surface area contributed by atoms with Crippen LogP contribution in [0.25, 0.3) is 66.4 Å². The van der Waals surface area contributed by atoms with Gasteiger partial charge in [-0.1, -0.05) is 190 Å². The van der Waals surface area contributed by atoms with E-state index < -0.39 is 0 Å². The summed E-state index contributed by atoms with van der Waals surface area (Å²) in [7, 11) is 0. The van der Waals surface area contributed by atoms with Gasteiger partial charge in [0.15, 0.2) is 0 Å². The van der Waals surface area contributed by atoms with E-state index in [2.05, 4.69) is 202 Å². The molecule has 9 aromatic rings. The van der Waals surface area contributed by atoms with Crippen molar-refractivity contribution in [1.82, 2.24) is 0 Å². The SMILES string of the molecule is CC1(C)c2ccccc2-c2ccc(CC(CCc3cc(-c4ccccc4)ccc3-c3ccc(-c4ccccc4)cc3)c3cccc4oc5ccccc5c34)cc21. The lowest BCUT2D eigenvalue weighted by Crippen LogP contribution is -2.15. The molecule has 1 unspecified atom stereocenters. The van der Waals surface area contributed by atoms with Gasteiger partial charge in [-0.3, -0.25) is 0 Å². The molecule has 0 amide bonds. The summed E-state index contributed by atoms with van der Waals surface area (Å²) in [5, 5.41) is 2.44. The number of hydrogen-bond acceptors (Lipinski definition) is 1. The van der Waals surface area contributed by atoms with Crippen LogP contribution in [0.1, 0.15) is 54.0 Å². The van der Waals surface area contributed by atoms with Crippen LogP contribution in [0.3, 0.4) is 0 Å². The molecule has 1 aromatic heterocycles. The molecule has 1 aliphatic rings. The Balaban J connectivity index is 1.06. The third-order valence-electron chi connectivity index (χ3n) is 12.3. The van der Waals surface area contributed by atoms with Crippen LogP contribution in [0.4, 0.5) is 0 Å². The van der Waals surface area contributed by atoms with Crippen molar-refractivity contribution >= 4 is 21.9 Å². The van der Waals surface area contributed by atoms with Crippen LogP contribution in [0.5, 0.6) is 0 Å². The Morgan fingerprint density at radius 3 is 1.88 bits per heavy atom. The summed E-state index contributed by atoms with van der Waals surface area (Å²) in [6.45, 7) is 4.76. The summed E-state index contributed by atoms with van der Waals surface area (Å²) >= 11 is 0. The van der Waals surface area contributed by atoms with Crippen molar-refractivity contribution in [2.75, 3.05) is 0 Å². The minimum Gasteiger partial charge on any atom is -0.456 e. The molecule has 0 saturated heterocycles. The topological polar surface area (TPSA) is 13.1 Å². The van der Waals surface area contributed by atoms with E-state index in [1.807, 2.05) is 0 Å². The van der Waals surface area contributed by atoms with Crippen molar-refractivity contribution in [1.29, 1.82) is 0 Å². The fourth-order valence-electron chi connectivity index (χ4n) is 9.37. The predicted molar refractivity (Wildman–Crippen MR) is 235 cm³/mol. The summed E-state index contributed by atoms with van der Waals surface area (Å²) in [6, 6.07) is 69.0. The van der Waals surface area contributed by atoms with Gasteiger partial charge in [-0.15, -0.1) is 0 Å². The number of benzene rings is 8. The van der Waals surface area contributed by atoms with E-state index in [-0.39, 0.29) is 11.3 Å². The van der Waals surface area contributed by atoms with Crippen LogP contribution in [0, 0.1) is 0 Å². The highest BCUT2D eigenvalue weighted by atomic mass is 16.3. The maximum Gasteiger partial charge on any atom is 0.135 e. The Kier molecular flexibility index (Phi) is 8.52.